The maximum Gasteiger partial charge on any atom is 0.325 e. The first kappa shape index (κ1) is 14.2. The van der Waals surface area contributed by atoms with E-state index in [9.17, 15) is 14.4 Å². The van der Waals surface area contributed by atoms with E-state index in [2.05, 4.69) is 6.30 Å². The van der Waals surface area contributed by atoms with Gasteiger partial charge in [-0.2, -0.15) is 0 Å². The van der Waals surface area contributed by atoms with Gasteiger partial charge >= 0.3 is 7.60 Å². The summed E-state index contributed by atoms with van der Waals surface area (Å²) in [5.74, 6) is 0. The molecule has 2 rings (SSSR count). The van der Waals surface area contributed by atoms with Gasteiger partial charge in [-0.05, 0) is 13.8 Å². The van der Waals surface area contributed by atoms with E-state index in [0.29, 0.717) is 0 Å². The van der Waals surface area contributed by atoms with Crippen LogP contribution in [0, 0.1) is 0 Å². The minimum absolute atomic E-state index is 0.218. The van der Waals surface area contributed by atoms with Crippen molar-refractivity contribution in [3.8, 4) is 0 Å². The molecule has 2 N–H and O–H groups in total. The Labute approximate surface area is 114 Å². The number of ether oxygens (including phenoxy) is 2. The fourth-order valence-corrected chi connectivity index (χ4v) is 3.60. The van der Waals surface area contributed by atoms with Crippen LogP contribution in [0.4, 0.5) is 0 Å². The first-order valence-corrected chi connectivity index (χ1v) is 9.32. The molecule has 0 saturated carbocycles. The molecule has 0 aliphatic carbocycles. The zero-order valence-corrected chi connectivity index (χ0v) is 12.8. The van der Waals surface area contributed by atoms with E-state index in [-0.39, 0.29) is 12.7 Å². The van der Waals surface area contributed by atoms with Crippen molar-refractivity contribution < 1.29 is 32.9 Å². The molecule has 19 heavy (non-hydrogen) atoms. The lowest BCUT2D eigenvalue weighted by Gasteiger charge is -2.35. The quantitative estimate of drug-likeness (QED) is 0.718. The average molecular weight is 316 g/mol. The van der Waals surface area contributed by atoms with Crippen molar-refractivity contribution in [1.82, 2.24) is 0 Å². The van der Waals surface area contributed by atoms with Crippen LogP contribution < -0.4 is 0 Å². The third kappa shape index (κ3) is 2.99. The van der Waals surface area contributed by atoms with Crippen molar-refractivity contribution in [3.63, 3.8) is 0 Å². The van der Waals surface area contributed by atoms with Crippen LogP contribution in [0.5, 0.6) is 0 Å². The molecule has 112 valence electrons. The summed E-state index contributed by atoms with van der Waals surface area (Å²) in [4.78, 5) is 18.8. The molecule has 2 bridgehead atoms. The fraction of sp³-hybridized carbons (Fsp3) is 0.900. The first-order chi connectivity index (χ1) is 8.95. The predicted octanol–water partition coefficient (Wildman–Crippen LogP) is 0.617. The highest BCUT2D eigenvalue weighted by Gasteiger charge is 2.65. The smallest absolute Gasteiger partial charge is 0.325 e. The van der Waals surface area contributed by atoms with Crippen LogP contribution in [0.25, 0.3) is 0 Å². The van der Waals surface area contributed by atoms with E-state index in [4.69, 9.17) is 19.8 Å². The molecule has 2 fully saturated rings. The molecule has 0 amide bonds. The fourth-order valence-electron chi connectivity index (χ4n) is 2.60. The highest BCUT2D eigenvalue weighted by atomic mass is 31.2. The standard InChI is InChI=1S/C10H20O7P2/c1-6-8-9(17-18(3)11)10(16-6,7(2)15-8)5-14-19(4,12)13/h6-9,11,18H,3,5H2,1-2,4H3,(H,12,13)/t6-,7?,8-,9-,10-/m0/s1/i18T. The van der Waals surface area contributed by atoms with Crippen LogP contribution in [-0.4, -0.2) is 60.7 Å². The van der Waals surface area contributed by atoms with E-state index in [1.165, 1.54) is 0 Å². The molecule has 0 aromatic rings. The summed E-state index contributed by atoms with van der Waals surface area (Å²) < 4.78 is 40.6. The van der Waals surface area contributed by atoms with Gasteiger partial charge in [0, 0.05) is 6.66 Å². The second-order valence-corrected chi connectivity index (χ2v) is 7.75. The molecular formula is C10H20O7P2. The van der Waals surface area contributed by atoms with Crippen molar-refractivity contribution in [2.24, 2.45) is 0 Å². The van der Waals surface area contributed by atoms with Gasteiger partial charge in [0.05, 0.1) is 18.8 Å². The molecule has 0 spiro atoms. The highest BCUT2D eigenvalue weighted by Crippen LogP contribution is 2.50. The van der Waals surface area contributed by atoms with Crippen molar-refractivity contribution in [2.75, 3.05) is 13.3 Å². The van der Waals surface area contributed by atoms with E-state index in [1.54, 1.807) is 13.8 Å². The maximum atomic E-state index is 11.3. The van der Waals surface area contributed by atoms with Crippen LogP contribution in [0.2, 0.25) is 0 Å². The van der Waals surface area contributed by atoms with Crippen molar-refractivity contribution in [1.29, 1.82) is 1.28 Å². The normalized spacial score (nSPS) is 48.6. The largest absolute Gasteiger partial charge is 0.367 e. The lowest BCUT2D eigenvalue weighted by Crippen LogP contribution is -2.50. The van der Waals surface area contributed by atoms with Gasteiger partial charge in [-0.1, -0.05) is 6.30 Å². The van der Waals surface area contributed by atoms with Crippen LogP contribution in [0.3, 0.4) is 0 Å². The summed E-state index contributed by atoms with van der Waals surface area (Å²) >= 11 is 0. The van der Waals surface area contributed by atoms with E-state index < -0.39 is 39.5 Å². The molecule has 0 radical (unpaired) electrons. The van der Waals surface area contributed by atoms with Gasteiger partial charge in [-0.3, -0.25) is 4.57 Å². The Bertz CT molecular complexity index is 474. The van der Waals surface area contributed by atoms with E-state index in [1.807, 2.05) is 0 Å². The molecule has 2 aliphatic heterocycles. The SMILES string of the molecule is [3H]P(=C)(O)O[C@H]1[C@H]2OC(C)[C@]1(COP(C)(=O)O)O[C@H]2C. The van der Waals surface area contributed by atoms with Gasteiger partial charge < -0.3 is 28.3 Å². The summed E-state index contributed by atoms with van der Waals surface area (Å²) in [6.07, 6.45) is 1.26. The zero-order chi connectivity index (χ0) is 15.3. The Morgan fingerprint density at radius 1 is 1.63 bits per heavy atom. The van der Waals surface area contributed by atoms with E-state index in [0.717, 1.165) is 6.66 Å². The van der Waals surface area contributed by atoms with Gasteiger partial charge in [0.2, 0.25) is 0 Å². The third-order valence-corrected chi connectivity index (χ3v) is 4.54. The van der Waals surface area contributed by atoms with Crippen LogP contribution in [0.15, 0.2) is 0 Å². The second-order valence-electron chi connectivity index (χ2n) is 4.98. The van der Waals surface area contributed by atoms with Gasteiger partial charge in [0.1, 0.15) is 27.0 Å². The Morgan fingerprint density at radius 3 is 2.79 bits per heavy atom. The first-order valence-electron chi connectivity index (χ1n) is 6.35. The van der Waals surface area contributed by atoms with Gasteiger partial charge in [-0.15, -0.1) is 0 Å². The monoisotopic (exact) mass is 316 g/mol. The summed E-state index contributed by atoms with van der Waals surface area (Å²) in [6.45, 7) is 4.35. The molecule has 2 aliphatic rings. The number of hydrogen-bond donors (Lipinski definition) is 2. The zero-order valence-electron chi connectivity index (χ0n) is 12.1. The average Bonchev–Trinajstić information content (AvgIpc) is 2.62. The third-order valence-electron chi connectivity index (χ3n) is 3.46. The predicted molar refractivity (Wildman–Crippen MR) is 71.8 cm³/mol. The lowest BCUT2D eigenvalue weighted by molar-refractivity contribution is -0.186. The van der Waals surface area contributed by atoms with Crippen LogP contribution in [0.1, 0.15) is 13.8 Å². The second kappa shape index (κ2) is 5.24. The molecule has 0 aromatic carbocycles. The molecule has 3 unspecified atom stereocenters. The minimum atomic E-state index is -3.69. The summed E-state index contributed by atoms with van der Waals surface area (Å²) in [5.41, 5.74) is -1.12. The van der Waals surface area contributed by atoms with Gasteiger partial charge in [0.25, 0.3) is 0 Å². The van der Waals surface area contributed by atoms with Crippen molar-refractivity contribution >= 4 is 21.8 Å². The Kier molecular flexibility index (Phi) is 3.93. The van der Waals surface area contributed by atoms with E-state index >= 15 is 0 Å². The van der Waals surface area contributed by atoms with Crippen LogP contribution in [-0.2, 0) is 23.1 Å². The Hall–Kier alpha value is 0.290. The lowest BCUT2D eigenvalue weighted by atomic mass is 9.94. The Balaban J connectivity index is 2.25. The Morgan fingerprint density at radius 2 is 2.26 bits per heavy atom. The topological polar surface area (TPSA) is 94.5 Å². The summed E-state index contributed by atoms with van der Waals surface area (Å²) in [7, 11) is -7.19. The van der Waals surface area contributed by atoms with Crippen molar-refractivity contribution in [2.45, 2.75) is 43.9 Å². The van der Waals surface area contributed by atoms with Crippen molar-refractivity contribution in [3.05, 3.63) is 0 Å². The molecule has 0 aromatic heterocycles. The molecule has 9 heteroatoms. The summed E-state index contributed by atoms with van der Waals surface area (Å²) in [6, 6.07) is 0. The molecule has 7 nitrogen and oxygen atoms in total. The molecule has 2 saturated heterocycles. The number of rotatable bonds is 5. The maximum absolute atomic E-state index is 11.3. The summed E-state index contributed by atoms with van der Waals surface area (Å²) in [5, 5.41) is 0. The number of fused-ring (bicyclic) bond motifs is 2. The highest BCUT2D eigenvalue weighted by molar-refractivity contribution is 7.51. The van der Waals surface area contributed by atoms with Gasteiger partial charge in [0.15, 0.2) is 0 Å². The van der Waals surface area contributed by atoms with Gasteiger partial charge in [-0.25, -0.2) is 0 Å². The molecule has 2 heterocycles. The molecular weight excluding hydrogens is 294 g/mol. The number of hydrogen-bond acceptors (Lipinski definition) is 6. The minimum Gasteiger partial charge on any atom is -0.367 e. The van der Waals surface area contributed by atoms with Crippen LogP contribution >= 0.6 is 15.5 Å². The molecule has 7 atom stereocenters.